The third kappa shape index (κ3) is 3.30. The molecule has 0 amide bonds. The van der Waals surface area contributed by atoms with Crippen LogP contribution in [0.2, 0.25) is 0 Å². The molecule has 19 heavy (non-hydrogen) atoms. The molecule has 2 aromatic rings. The van der Waals surface area contributed by atoms with Gasteiger partial charge >= 0.3 is 0 Å². The summed E-state index contributed by atoms with van der Waals surface area (Å²) >= 11 is 0. The van der Waals surface area contributed by atoms with E-state index in [2.05, 4.69) is 4.98 Å². The lowest BCUT2D eigenvalue weighted by molar-refractivity contribution is 0.190. The van der Waals surface area contributed by atoms with Crippen LogP contribution >= 0.6 is 0 Å². The largest absolute Gasteiger partial charge is 0.489 e. The molecule has 0 spiro atoms. The molecule has 96 valence electrons. The van der Waals surface area contributed by atoms with Crippen LogP contribution in [0, 0.1) is 11.3 Å². The third-order valence-electron chi connectivity index (χ3n) is 2.70. The van der Waals surface area contributed by atoms with Crippen LogP contribution in [-0.2, 0) is 6.61 Å². The van der Waals surface area contributed by atoms with Crippen LogP contribution in [0.3, 0.4) is 0 Å². The van der Waals surface area contributed by atoms with E-state index in [9.17, 15) is 5.11 Å². The summed E-state index contributed by atoms with van der Waals surface area (Å²) in [5, 5.41) is 18.4. The summed E-state index contributed by atoms with van der Waals surface area (Å²) in [5.41, 5.74) is 1.98. The van der Waals surface area contributed by atoms with Crippen molar-refractivity contribution < 1.29 is 9.84 Å². The van der Waals surface area contributed by atoms with Gasteiger partial charge in [-0.05, 0) is 30.7 Å². The minimum atomic E-state index is -0.580. The lowest BCUT2D eigenvalue weighted by Crippen LogP contribution is -2.01. The topological polar surface area (TPSA) is 66.1 Å². The predicted octanol–water partition coefficient (Wildman–Crippen LogP) is 2.59. The van der Waals surface area contributed by atoms with Gasteiger partial charge in [0.2, 0.25) is 0 Å². The van der Waals surface area contributed by atoms with Crippen LogP contribution in [0.25, 0.3) is 0 Å². The summed E-state index contributed by atoms with van der Waals surface area (Å²) in [6, 6.07) is 12.8. The molecule has 1 aromatic carbocycles. The lowest BCUT2D eigenvalue weighted by atomic mass is 10.1. The molecule has 0 aliphatic carbocycles. The summed E-state index contributed by atoms with van der Waals surface area (Å²) < 4.78 is 5.69. The van der Waals surface area contributed by atoms with Gasteiger partial charge in [0.05, 0.1) is 6.10 Å². The smallest absolute Gasteiger partial charge is 0.140 e. The summed E-state index contributed by atoms with van der Waals surface area (Å²) in [6.45, 7) is 2.03. The molecule has 0 aliphatic rings. The van der Waals surface area contributed by atoms with Crippen LogP contribution < -0.4 is 4.74 Å². The van der Waals surface area contributed by atoms with Crippen LogP contribution in [0.5, 0.6) is 5.75 Å². The van der Waals surface area contributed by atoms with Crippen molar-refractivity contribution in [1.29, 1.82) is 5.26 Å². The summed E-state index contributed by atoms with van der Waals surface area (Å²) in [7, 11) is 0. The Balaban J connectivity index is 2.12. The van der Waals surface area contributed by atoms with Crippen molar-refractivity contribution in [2.24, 2.45) is 0 Å². The number of pyridine rings is 1. The van der Waals surface area contributed by atoms with Gasteiger partial charge in [-0.2, -0.15) is 5.26 Å². The van der Waals surface area contributed by atoms with Gasteiger partial charge in [0.15, 0.2) is 0 Å². The summed E-state index contributed by atoms with van der Waals surface area (Å²) in [5.74, 6) is 0.646. The maximum absolute atomic E-state index is 9.65. The fourth-order valence-electron chi connectivity index (χ4n) is 1.74. The first-order valence-electron chi connectivity index (χ1n) is 5.95. The fourth-order valence-corrected chi connectivity index (χ4v) is 1.74. The quantitative estimate of drug-likeness (QED) is 0.910. The summed E-state index contributed by atoms with van der Waals surface area (Å²) in [6.07, 6.45) is 1.00. The van der Waals surface area contributed by atoms with E-state index >= 15 is 0 Å². The molecule has 2 rings (SSSR count). The lowest BCUT2D eigenvalue weighted by Gasteiger charge is -2.13. The minimum absolute atomic E-state index is 0.334. The molecule has 0 radical (unpaired) electrons. The van der Waals surface area contributed by atoms with Crippen molar-refractivity contribution in [2.45, 2.75) is 19.6 Å². The number of para-hydroxylation sites is 1. The first-order valence-corrected chi connectivity index (χ1v) is 5.95. The Hall–Kier alpha value is -2.38. The highest BCUT2D eigenvalue weighted by Gasteiger charge is 2.08. The monoisotopic (exact) mass is 254 g/mol. The standard InChI is InChI=1S/C15H14N2O2/c1-11(18)14-4-2-3-5-15(14)19-10-12-6-7-17-13(8-12)9-16/h2-8,11,18H,10H2,1H3/t11-/m1/s1. The maximum Gasteiger partial charge on any atom is 0.140 e. The molecule has 0 saturated heterocycles. The minimum Gasteiger partial charge on any atom is -0.489 e. The third-order valence-corrected chi connectivity index (χ3v) is 2.70. The number of ether oxygens (including phenoxy) is 1. The number of benzene rings is 1. The van der Waals surface area contributed by atoms with Crippen molar-refractivity contribution in [2.75, 3.05) is 0 Å². The number of aliphatic hydroxyl groups is 1. The average molecular weight is 254 g/mol. The van der Waals surface area contributed by atoms with E-state index in [1.165, 1.54) is 0 Å². The zero-order chi connectivity index (χ0) is 13.7. The maximum atomic E-state index is 9.65. The van der Waals surface area contributed by atoms with Crippen LogP contribution in [0.1, 0.15) is 29.8 Å². The molecule has 4 heteroatoms. The number of hydrogen-bond donors (Lipinski definition) is 1. The Morgan fingerprint density at radius 2 is 2.16 bits per heavy atom. The van der Waals surface area contributed by atoms with Gasteiger partial charge in [-0.15, -0.1) is 0 Å². The van der Waals surface area contributed by atoms with Gasteiger partial charge in [-0.1, -0.05) is 18.2 Å². The highest BCUT2D eigenvalue weighted by molar-refractivity contribution is 5.35. The van der Waals surface area contributed by atoms with E-state index in [0.29, 0.717) is 18.1 Å². The Kier molecular flexibility index (Phi) is 4.11. The van der Waals surface area contributed by atoms with Gasteiger partial charge in [0.1, 0.15) is 24.1 Å². The number of nitriles is 1. The van der Waals surface area contributed by atoms with Crippen molar-refractivity contribution in [3.05, 3.63) is 59.4 Å². The fraction of sp³-hybridized carbons (Fsp3) is 0.200. The second kappa shape index (κ2) is 5.98. The van der Waals surface area contributed by atoms with Crippen molar-refractivity contribution in [3.63, 3.8) is 0 Å². The Bertz CT molecular complexity index is 603. The Morgan fingerprint density at radius 3 is 2.89 bits per heavy atom. The molecule has 4 nitrogen and oxygen atoms in total. The predicted molar refractivity (Wildman–Crippen MR) is 70.4 cm³/mol. The molecule has 1 heterocycles. The number of aromatic nitrogens is 1. The average Bonchev–Trinajstić information content (AvgIpc) is 2.45. The van der Waals surface area contributed by atoms with E-state index in [4.69, 9.17) is 10.00 Å². The van der Waals surface area contributed by atoms with Crippen LogP contribution in [0.4, 0.5) is 0 Å². The molecule has 0 aliphatic heterocycles. The van der Waals surface area contributed by atoms with Crippen LogP contribution in [0.15, 0.2) is 42.6 Å². The molecule has 0 bridgehead atoms. The van der Waals surface area contributed by atoms with Gasteiger partial charge in [-0.3, -0.25) is 0 Å². The van der Waals surface area contributed by atoms with Crippen molar-refractivity contribution in [3.8, 4) is 11.8 Å². The molecular formula is C15H14N2O2. The number of nitrogens with zero attached hydrogens (tertiary/aromatic N) is 2. The molecule has 0 saturated carbocycles. The van der Waals surface area contributed by atoms with Gasteiger partial charge < -0.3 is 9.84 Å². The van der Waals surface area contributed by atoms with E-state index in [0.717, 1.165) is 11.1 Å². The molecular weight excluding hydrogens is 240 g/mol. The first kappa shape index (κ1) is 13.1. The Morgan fingerprint density at radius 1 is 1.37 bits per heavy atom. The van der Waals surface area contributed by atoms with E-state index < -0.39 is 6.10 Å². The zero-order valence-corrected chi connectivity index (χ0v) is 10.6. The second-order valence-corrected chi connectivity index (χ2v) is 4.16. The molecule has 0 unspecified atom stereocenters. The van der Waals surface area contributed by atoms with Gasteiger partial charge in [-0.25, -0.2) is 4.98 Å². The second-order valence-electron chi connectivity index (χ2n) is 4.16. The number of hydrogen-bond acceptors (Lipinski definition) is 4. The SMILES string of the molecule is C[C@@H](O)c1ccccc1OCc1ccnc(C#N)c1. The Labute approximate surface area is 111 Å². The van der Waals surface area contributed by atoms with E-state index in [1.54, 1.807) is 25.3 Å². The zero-order valence-electron chi connectivity index (χ0n) is 10.6. The van der Waals surface area contributed by atoms with Crippen molar-refractivity contribution >= 4 is 0 Å². The molecule has 1 atom stereocenters. The van der Waals surface area contributed by atoms with Crippen molar-refractivity contribution in [1.82, 2.24) is 4.98 Å². The molecule has 0 fully saturated rings. The van der Waals surface area contributed by atoms with Gasteiger partial charge in [0.25, 0.3) is 0 Å². The molecule has 1 N–H and O–H groups in total. The normalized spacial score (nSPS) is 11.6. The van der Waals surface area contributed by atoms with E-state index in [-0.39, 0.29) is 0 Å². The van der Waals surface area contributed by atoms with Gasteiger partial charge in [0, 0.05) is 11.8 Å². The number of aliphatic hydroxyl groups excluding tert-OH is 1. The highest BCUT2D eigenvalue weighted by Crippen LogP contribution is 2.25. The number of rotatable bonds is 4. The van der Waals surface area contributed by atoms with Crippen LogP contribution in [-0.4, -0.2) is 10.1 Å². The van der Waals surface area contributed by atoms with E-state index in [1.807, 2.05) is 30.3 Å². The molecule has 1 aromatic heterocycles. The highest BCUT2D eigenvalue weighted by atomic mass is 16.5. The summed E-state index contributed by atoms with van der Waals surface area (Å²) in [4.78, 5) is 3.90. The first-order chi connectivity index (χ1) is 9.20.